The molecule has 2 N–H and O–H groups in total. The lowest BCUT2D eigenvalue weighted by molar-refractivity contribution is -0.175. The summed E-state index contributed by atoms with van der Waals surface area (Å²) in [7, 11) is -3.97. The average Bonchev–Trinajstić information content (AvgIpc) is 2.27. The lowest BCUT2D eigenvalue weighted by Gasteiger charge is -2.12. The Kier molecular flexibility index (Phi) is 5.37. The molecule has 1 aromatic rings. The van der Waals surface area contributed by atoms with E-state index in [1.807, 2.05) is 0 Å². The smallest absolute Gasteiger partial charge is 0.411 e. The van der Waals surface area contributed by atoms with Gasteiger partial charge < -0.3 is 9.47 Å². The van der Waals surface area contributed by atoms with Crippen LogP contribution >= 0.6 is 0 Å². The molecular formula is C11H14F3NO4S. The lowest BCUT2D eigenvalue weighted by atomic mass is 10.2. The van der Waals surface area contributed by atoms with Gasteiger partial charge in [0, 0.05) is 0 Å². The number of rotatable bonds is 6. The highest BCUT2D eigenvalue weighted by Crippen LogP contribution is 2.23. The highest BCUT2D eigenvalue weighted by molar-refractivity contribution is 7.89. The molecule has 0 atom stereocenters. The van der Waals surface area contributed by atoms with Gasteiger partial charge in [-0.15, -0.1) is 0 Å². The maximum absolute atomic E-state index is 11.8. The number of primary sulfonamides is 1. The molecule has 0 bridgehead atoms. The van der Waals surface area contributed by atoms with E-state index < -0.39 is 22.8 Å². The molecule has 0 amide bonds. The Morgan fingerprint density at radius 2 is 1.90 bits per heavy atom. The zero-order valence-electron chi connectivity index (χ0n) is 10.6. The monoisotopic (exact) mass is 313 g/mol. The number of alkyl halides is 3. The molecule has 1 rings (SSSR count). The zero-order valence-corrected chi connectivity index (χ0v) is 11.4. The minimum atomic E-state index is -4.41. The van der Waals surface area contributed by atoms with Crippen molar-refractivity contribution in [2.45, 2.75) is 18.0 Å². The van der Waals surface area contributed by atoms with Crippen LogP contribution in [0.25, 0.3) is 0 Å². The molecule has 0 aliphatic carbocycles. The first-order chi connectivity index (χ1) is 9.09. The van der Waals surface area contributed by atoms with E-state index >= 15 is 0 Å². The van der Waals surface area contributed by atoms with E-state index in [-0.39, 0.29) is 23.9 Å². The summed E-state index contributed by atoms with van der Waals surface area (Å²) in [5.74, 6) is -0.0197. The van der Waals surface area contributed by atoms with Crippen molar-refractivity contribution in [1.29, 1.82) is 0 Å². The number of ether oxygens (including phenoxy) is 2. The topological polar surface area (TPSA) is 78.6 Å². The van der Waals surface area contributed by atoms with Crippen molar-refractivity contribution in [3.8, 4) is 5.75 Å². The van der Waals surface area contributed by atoms with Gasteiger partial charge in [0.25, 0.3) is 0 Å². The highest BCUT2D eigenvalue weighted by atomic mass is 32.2. The van der Waals surface area contributed by atoms with Crippen molar-refractivity contribution < 1.29 is 31.1 Å². The number of hydrogen-bond donors (Lipinski definition) is 1. The average molecular weight is 313 g/mol. The summed E-state index contributed by atoms with van der Waals surface area (Å²) in [6.45, 7) is -0.254. The summed E-state index contributed by atoms with van der Waals surface area (Å²) in [6, 6.07) is 4.31. The molecule has 0 saturated heterocycles. The van der Waals surface area contributed by atoms with Crippen molar-refractivity contribution >= 4 is 10.0 Å². The first-order valence-corrected chi connectivity index (χ1v) is 7.05. The molecule has 1 aromatic carbocycles. The van der Waals surface area contributed by atoms with Crippen LogP contribution in [0.3, 0.4) is 0 Å². The number of halogens is 3. The summed E-state index contributed by atoms with van der Waals surface area (Å²) in [5.41, 5.74) is 0.662. The summed E-state index contributed by atoms with van der Waals surface area (Å²) in [6.07, 6.45) is -4.41. The van der Waals surface area contributed by atoms with E-state index in [4.69, 9.17) is 9.88 Å². The Labute approximate surface area is 114 Å². The van der Waals surface area contributed by atoms with Gasteiger partial charge >= 0.3 is 6.18 Å². The molecule has 0 spiro atoms. The Morgan fingerprint density at radius 1 is 1.25 bits per heavy atom. The molecule has 0 fully saturated rings. The van der Waals surface area contributed by atoms with Crippen LogP contribution in [-0.2, 0) is 14.8 Å². The van der Waals surface area contributed by atoms with Crippen LogP contribution in [0.1, 0.15) is 5.56 Å². The predicted octanol–water partition coefficient (Wildman–Crippen LogP) is 1.60. The third-order valence-corrected chi connectivity index (χ3v) is 3.09. The fraction of sp³-hybridized carbons (Fsp3) is 0.455. The van der Waals surface area contributed by atoms with Gasteiger partial charge in [-0.3, -0.25) is 0 Å². The fourth-order valence-electron chi connectivity index (χ4n) is 1.36. The van der Waals surface area contributed by atoms with Gasteiger partial charge in [0.2, 0.25) is 10.0 Å². The summed E-state index contributed by atoms with van der Waals surface area (Å²) >= 11 is 0. The van der Waals surface area contributed by atoms with Gasteiger partial charge in [0.1, 0.15) is 23.9 Å². The molecule has 0 aromatic heterocycles. The van der Waals surface area contributed by atoms with Gasteiger partial charge in [-0.25, -0.2) is 13.6 Å². The van der Waals surface area contributed by atoms with E-state index in [1.165, 1.54) is 12.1 Å². The largest absolute Gasteiger partial charge is 0.490 e. The number of hydrogen-bond acceptors (Lipinski definition) is 4. The predicted molar refractivity (Wildman–Crippen MR) is 64.9 cm³/mol. The molecule has 0 saturated carbocycles. The Morgan fingerprint density at radius 3 is 2.45 bits per heavy atom. The first kappa shape index (κ1) is 16.7. The number of benzene rings is 1. The molecule has 114 valence electrons. The fourth-order valence-corrected chi connectivity index (χ4v) is 2.11. The molecule has 5 nitrogen and oxygen atoms in total. The maximum atomic E-state index is 11.8. The summed E-state index contributed by atoms with van der Waals surface area (Å²) < 4.78 is 67.5. The molecule has 0 unspecified atom stereocenters. The second-order valence-electron chi connectivity index (χ2n) is 4.01. The molecule has 20 heavy (non-hydrogen) atoms. The second-order valence-corrected chi connectivity index (χ2v) is 5.54. The van der Waals surface area contributed by atoms with Crippen LogP contribution in [-0.4, -0.2) is 34.4 Å². The Bertz CT molecular complexity index is 557. The normalized spacial score (nSPS) is 12.4. The maximum Gasteiger partial charge on any atom is 0.411 e. The van der Waals surface area contributed by atoms with Crippen molar-refractivity contribution in [1.82, 2.24) is 0 Å². The van der Waals surface area contributed by atoms with E-state index in [0.29, 0.717) is 5.56 Å². The van der Waals surface area contributed by atoms with Gasteiger partial charge in [-0.05, 0) is 24.6 Å². The van der Waals surface area contributed by atoms with E-state index in [1.54, 1.807) is 13.0 Å². The van der Waals surface area contributed by atoms with E-state index in [2.05, 4.69) is 4.74 Å². The Hall–Kier alpha value is -1.32. The third-order valence-electron chi connectivity index (χ3n) is 2.16. The van der Waals surface area contributed by atoms with Gasteiger partial charge in [-0.2, -0.15) is 13.2 Å². The number of nitrogens with two attached hydrogens (primary N) is 1. The van der Waals surface area contributed by atoms with Crippen molar-refractivity contribution in [2.75, 3.05) is 19.8 Å². The molecule has 0 radical (unpaired) electrons. The van der Waals surface area contributed by atoms with Crippen LogP contribution in [0.5, 0.6) is 5.75 Å². The molecule has 0 aliphatic heterocycles. The second kappa shape index (κ2) is 6.42. The van der Waals surface area contributed by atoms with E-state index in [9.17, 15) is 21.6 Å². The Balaban J connectivity index is 2.61. The summed E-state index contributed by atoms with van der Waals surface area (Å²) in [4.78, 5) is -0.215. The number of aryl methyl sites for hydroxylation is 1. The van der Waals surface area contributed by atoms with Gasteiger partial charge in [0.05, 0.1) is 6.61 Å². The molecular weight excluding hydrogens is 299 g/mol. The van der Waals surface area contributed by atoms with Crippen LogP contribution in [0.15, 0.2) is 23.1 Å². The molecule has 0 aliphatic rings. The van der Waals surface area contributed by atoms with Crippen molar-refractivity contribution in [3.05, 3.63) is 23.8 Å². The lowest BCUT2D eigenvalue weighted by Crippen LogP contribution is -2.20. The SMILES string of the molecule is Cc1ccc(OCCOCC(F)(F)F)c(S(N)(=O)=O)c1. The van der Waals surface area contributed by atoms with E-state index in [0.717, 1.165) is 0 Å². The van der Waals surface area contributed by atoms with Crippen LogP contribution in [0.4, 0.5) is 13.2 Å². The first-order valence-electron chi connectivity index (χ1n) is 5.50. The summed E-state index contributed by atoms with van der Waals surface area (Å²) in [5, 5.41) is 5.03. The van der Waals surface area contributed by atoms with Crippen molar-refractivity contribution in [3.63, 3.8) is 0 Å². The zero-order chi connectivity index (χ0) is 15.4. The number of sulfonamides is 1. The van der Waals surface area contributed by atoms with Gasteiger partial charge in [-0.1, -0.05) is 6.07 Å². The minimum Gasteiger partial charge on any atom is -0.490 e. The quantitative estimate of drug-likeness (QED) is 0.809. The molecule has 9 heteroatoms. The van der Waals surface area contributed by atoms with Crippen LogP contribution in [0, 0.1) is 6.92 Å². The van der Waals surface area contributed by atoms with Crippen LogP contribution in [0.2, 0.25) is 0 Å². The minimum absolute atomic E-state index is 0.0197. The highest BCUT2D eigenvalue weighted by Gasteiger charge is 2.27. The van der Waals surface area contributed by atoms with Gasteiger partial charge in [0.15, 0.2) is 0 Å². The standard InChI is InChI=1S/C11H14F3NO4S/c1-8-2-3-9(10(6-8)20(15,16)17)19-5-4-18-7-11(12,13)14/h2-3,6H,4-5,7H2,1H3,(H2,15,16,17). The van der Waals surface area contributed by atoms with Crippen molar-refractivity contribution in [2.24, 2.45) is 5.14 Å². The molecule has 0 heterocycles. The van der Waals surface area contributed by atoms with Crippen LogP contribution < -0.4 is 9.88 Å². The third kappa shape index (κ3) is 5.76.